The molecule has 158 valence electrons. The molecular formula is C19H34O8. The van der Waals surface area contributed by atoms with E-state index in [-0.39, 0.29) is 12.7 Å². The summed E-state index contributed by atoms with van der Waals surface area (Å²) in [4.78, 5) is 0. The molecule has 3 saturated heterocycles. The quantitative estimate of drug-likeness (QED) is 0.594. The van der Waals surface area contributed by atoms with Crippen molar-refractivity contribution < 1.29 is 38.3 Å². The van der Waals surface area contributed by atoms with Crippen LogP contribution in [0.5, 0.6) is 0 Å². The molecule has 0 saturated carbocycles. The summed E-state index contributed by atoms with van der Waals surface area (Å²) >= 11 is 0. The minimum atomic E-state index is -1.18. The minimum Gasteiger partial charge on any atom is -0.379 e. The van der Waals surface area contributed by atoms with E-state index < -0.39 is 35.7 Å². The average Bonchev–Trinajstić information content (AvgIpc) is 3.15. The smallest absolute Gasteiger partial charge is 0.189 e. The van der Waals surface area contributed by atoms with Crippen molar-refractivity contribution in [2.75, 3.05) is 33.0 Å². The Bertz CT molecular complexity index is 496. The van der Waals surface area contributed by atoms with E-state index in [1.54, 1.807) is 0 Å². The molecule has 0 aromatic rings. The molecule has 0 amide bonds. The fourth-order valence-corrected chi connectivity index (χ4v) is 3.86. The third-order valence-electron chi connectivity index (χ3n) is 5.07. The maximum absolute atomic E-state index is 10.7. The van der Waals surface area contributed by atoms with Crippen molar-refractivity contribution >= 4 is 0 Å². The Morgan fingerprint density at radius 2 is 1.74 bits per heavy atom. The van der Waals surface area contributed by atoms with Crippen LogP contribution >= 0.6 is 0 Å². The van der Waals surface area contributed by atoms with Gasteiger partial charge in [-0.2, -0.15) is 0 Å². The van der Waals surface area contributed by atoms with Crippen LogP contribution in [0.4, 0.5) is 0 Å². The maximum Gasteiger partial charge on any atom is 0.189 e. The highest BCUT2D eigenvalue weighted by atomic mass is 16.8. The lowest BCUT2D eigenvalue weighted by atomic mass is 9.94. The van der Waals surface area contributed by atoms with E-state index in [4.69, 9.17) is 33.2 Å². The third kappa shape index (κ3) is 4.64. The molecule has 3 heterocycles. The van der Waals surface area contributed by atoms with Crippen LogP contribution in [0.2, 0.25) is 0 Å². The molecular weight excluding hydrogens is 356 g/mol. The summed E-state index contributed by atoms with van der Waals surface area (Å²) < 4.78 is 40.9. The Kier molecular flexibility index (Phi) is 6.49. The molecule has 0 aromatic heterocycles. The topological polar surface area (TPSA) is 84.8 Å². The van der Waals surface area contributed by atoms with Gasteiger partial charge in [-0.3, -0.25) is 0 Å². The molecule has 1 N–H and O–H groups in total. The summed E-state index contributed by atoms with van der Waals surface area (Å²) in [6, 6.07) is 0. The van der Waals surface area contributed by atoms with Crippen molar-refractivity contribution in [2.24, 2.45) is 0 Å². The number of fused-ring (bicyclic) bond motifs is 1. The average molecular weight is 390 g/mol. The van der Waals surface area contributed by atoms with E-state index in [0.29, 0.717) is 19.8 Å². The highest BCUT2D eigenvalue weighted by Gasteiger charge is 2.68. The predicted molar refractivity (Wildman–Crippen MR) is 95.1 cm³/mol. The first-order valence-electron chi connectivity index (χ1n) is 9.88. The molecule has 0 aliphatic carbocycles. The van der Waals surface area contributed by atoms with Gasteiger partial charge in [0.2, 0.25) is 0 Å². The Morgan fingerprint density at radius 3 is 2.41 bits per heavy atom. The summed E-state index contributed by atoms with van der Waals surface area (Å²) in [7, 11) is 0. The Hall–Kier alpha value is -0.320. The Balaban J connectivity index is 1.61. The molecule has 8 heteroatoms. The molecule has 0 bridgehead atoms. The molecule has 0 spiro atoms. The summed E-state index contributed by atoms with van der Waals surface area (Å²) in [5.74, 6) is -1.55. The molecule has 8 nitrogen and oxygen atoms in total. The van der Waals surface area contributed by atoms with Crippen molar-refractivity contribution in [3.63, 3.8) is 0 Å². The lowest BCUT2D eigenvalue weighted by Gasteiger charge is -2.29. The second kappa shape index (κ2) is 8.20. The van der Waals surface area contributed by atoms with Crippen LogP contribution in [0.3, 0.4) is 0 Å². The molecule has 1 unspecified atom stereocenters. The second-order valence-electron chi connectivity index (χ2n) is 8.33. The van der Waals surface area contributed by atoms with Crippen LogP contribution in [-0.2, 0) is 33.2 Å². The van der Waals surface area contributed by atoms with Gasteiger partial charge in [0.1, 0.15) is 18.3 Å². The molecule has 0 aromatic carbocycles. The van der Waals surface area contributed by atoms with E-state index in [0.717, 1.165) is 19.4 Å². The van der Waals surface area contributed by atoms with Gasteiger partial charge < -0.3 is 38.3 Å². The highest BCUT2D eigenvalue weighted by molar-refractivity contribution is 5.09. The van der Waals surface area contributed by atoms with Crippen LogP contribution in [-0.4, -0.2) is 79.9 Å². The standard InChI is InChI=1S/C19H34O8/c1-6-7-8-21-9-10-22-12-19-15(26-18(4,5)27-19)14(24-16(19)20)13-11-23-17(2,3)25-13/h13-16,20H,6-12H2,1-5H3/t13-,14-,15+,16?,19+/m1/s1. The van der Waals surface area contributed by atoms with Gasteiger partial charge in [-0.1, -0.05) is 13.3 Å². The Labute approximate surface area is 161 Å². The number of aliphatic hydroxyl groups is 1. The third-order valence-corrected chi connectivity index (χ3v) is 5.07. The van der Waals surface area contributed by atoms with Crippen LogP contribution in [0.25, 0.3) is 0 Å². The van der Waals surface area contributed by atoms with Crippen LogP contribution in [0, 0.1) is 0 Å². The van der Waals surface area contributed by atoms with Gasteiger partial charge in [0.05, 0.1) is 26.4 Å². The molecule has 3 aliphatic rings. The van der Waals surface area contributed by atoms with Gasteiger partial charge in [0.25, 0.3) is 0 Å². The summed E-state index contributed by atoms with van der Waals surface area (Å²) in [5.41, 5.74) is -1.10. The fourth-order valence-electron chi connectivity index (χ4n) is 3.86. The van der Waals surface area contributed by atoms with Crippen LogP contribution < -0.4 is 0 Å². The van der Waals surface area contributed by atoms with Gasteiger partial charge in [-0.05, 0) is 34.1 Å². The van der Waals surface area contributed by atoms with E-state index in [1.807, 2.05) is 27.7 Å². The van der Waals surface area contributed by atoms with E-state index in [9.17, 15) is 5.11 Å². The van der Waals surface area contributed by atoms with Crippen molar-refractivity contribution in [3.05, 3.63) is 0 Å². The van der Waals surface area contributed by atoms with E-state index in [2.05, 4.69) is 6.92 Å². The Morgan fingerprint density at radius 1 is 1.00 bits per heavy atom. The number of rotatable bonds is 9. The molecule has 3 aliphatic heterocycles. The summed E-state index contributed by atoms with van der Waals surface area (Å²) in [6.45, 7) is 11.6. The number of aliphatic hydroxyl groups excluding tert-OH is 1. The number of hydrogen-bond acceptors (Lipinski definition) is 8. The largest absolute Gasteiger partial charge is 0.379 e. The first kappa shape index (κ1) is 21.4. The van der Waals surface area contributed by atoms with Gasteiger partial charge >= 0.3 is 0 Å². The lowest BCUT2D eigenvalue weighted by molar-refractivity contribution is -0.263. The summed E-state index contributed by atoms with van der Waals surface area (Å²) in [6.07, 6.45) is -0.427. The fraction of sp³-hybridized carbons (Fsp3) is 1.00. The predicted octanol–water partition coefficient (Wildman–Crippen LogP) is 1.58. The van der Waals surface area contributed by atoms with Gasteiger partial charge in [-0.15, -0.1) is 0 Å². The molecule has 3 fully saturated rings. The van der Waals surface area contributed by atoms with Crippen molar-refractivity contribution in [1.82, 2.24) is 0 Å². The van der Waals surface area contributed by atoms with Gasteiger partial charge in [-0.25, -0.2) is 0 Å². The maximum atomic E-state index is 10.7. The molecule has 5 atom stereocenters. The van der Waals surface area contributed by atoms with Gasteiger partial charge in [0.15, 0.2) is 23.5 Å². The van der Waals surface area contributed by atoms with Crippen molar-refractivity contribution in [2.45, 2.75) is 89.2 Å². The zero-order valence-electron chi connectivity index (χ0n) is 17.1. The van der Waals surface area contributed by atoms with Crippen LogP contribution in [0.1, 0.15) is 47.5 Å². The first-order chi connectivity index (χ1) is 12.7. The molecule has 3 rings (SSSR count). The number of hydrogen-bond donors (Lipinski definition) is 1. The van der Waals surface area contributed by atoms with Crippen LogP contribution in [0.15, 0.2) is 0 Å². The normalized spacial score (nSPS) is 39.8. The van der Waals surface area contributed by atoms with Crippen molar-refractivity contribution in [3.8, 4) is 0 Å². The zero-order chi connectivity index (χ0) is 19.7. The number of unbranched alkanes of at least 4 members (excludes halogenated alkanes) is 1. The molecule has 27 heavy (non-hydrogen) atoms. The van der Waals surface area contributed by atoms with Gasteiger partial charge in [0, 0.05) is 6.61 Å². The molecule has 0 radical (unpaired) electrons. The van der Waals surface area contributed by atoms with Crippen molar-refractivity contribution in [1.29, 1.82) is 0 Å². The highest BCUT2D eigenvalue weighted by Crippen LogP contribution is 2.48. The van der Waals surface area contributed by atoms with E-state index >= 15 is 0 Å². The SMILES string of the molecule is CCCCOCCOC[C@]12OC(C)(C)O[C@H]1[C@@H]([C@H]1COC(C)(C)O1)OC2O. The second-order valence-corrected chi connectivity index (χ2v) is 8.33. The first-order valence-corrected chi connectivity index (χ1v) is 9.88. The monoisotopic (exact) mass is 390 g/mol. The summed E-state index contributed by atoms with van der Waals surface area (Å²) in [5, 5.41) is 10.7. The minimum absolute atomic E-state index is 0.146. The zero-order valence-corrected chi connectivity index (χ0v) is 17.1. The lowest BCUT2D eigenvalue weighted by Crippen LogP contribution is -2.52. The number of ether oxygens (including phenoxy) is 7. The van der Waals surface area contributed by atoms with E-state index in [1.165, 1.54) is 0 Å².